The number of benzene rings is 2. The van der Waals surface area contributed by atoms with Gasteiger partial charge in [0.15, 0.2) is 6.10 Å². The van der Waals surface area contributed by atoms with Crippen LogP contribution in [0.2, 0.25) is 0 Å². The molecule has 3 fully saturated rings. The number of aliphatic hydroxyl groups is 1. The third-order valence-electron chi connectivity index (χ3n) is 16.3. The van der Waals surface area contributed by atoms with Crippen LogP contribution in [0.25, 0.3) is 10.9 Å². The number of likely N-dealkylation sites (N-methyl/N-ethyl adjacent to an activating group) is 1. The molecule has 2 aromatic carbocycles. The molecular weight excluding hydrogens is 761 g/mol. The number of hydrogen-bond donors (Lipinski definition) is 2. The maximum Gasteiger partial charge on any atom is 0.344 e. The number of rotatable bonds is 8. The van der Waals surface area contributed by atoms with Gasteiger partial charge in [-0.3, -0.25) is 14.5 Å². The van der Waals surface area contributed by atoms with Gasteiger partial charge < -0.3 is 38.8 Å². The molecule has 0 radical (unpaired) electrons. The van der Waals surface area contributed by atoms with Crippen molar-refractivity contribution in [2.24, 2.45) is 16.7 Å². The molecule has 0 amide bonds. The van der Waals surface area contributed by atoms with Crippen molar-refractivity contribution >= 4 is 34.5 Å². The van der Waals surface area contributed by atoms with Crippen LogP contribution in [0.15, 0.2) is 48.6 Å². The largest absolute Gasteiger partial charge is 0.496 e. The van der Waals surface area contributed by atoms with E-state index in [1.54, 1.807) is 7.11 Å². The third kappa shape index (κ3) is 5.48. The van der Waals surface area contributed by atoms with E-state index < -0.39 is 45.9 Å². The molecule has 12 nitrogen and oxygen atoms in total. The third-order valence-corrected chi connectivity index (χ3v) is 16.3. The van der Waals surface area contributed by atoms with E-state index in [9.17, 15) is 19.5 Å². The minimum absolute atomic E-state index is 0.0852. The normalized spacial score (nSPS) is 36.5. The summed E-state index contributed by atoms with van der Waals surface area (Å²) in [5.41, 5.74) is 1.11. The van der Waals surface area contributed by atoms with E-state index in [4.69, 9.17) is 18.9 Å². The molecule has 2 N–H and O–H groups in total. The van der Waals surface area contributed by atoms with Crippen molar-refractivity contribution in [1.82, 2.24) is 14.8 Å². The van der Waals surface area contributed by atoms with E-state index in [0.29, 0.717) is 38.1 Å². The van der Waals surface area contributed by atoms with Crippen molar-refractivity contribution in [3.8, 4) is 5.75 Å². The molecule has 1 saturated carbocycles. The summed E-state index contributed by atoms with van der Waals surface area (Å²) in [7, 11) is 6.35. The number of fused-ring (bicyclic) bond motifs is 6. The smallest absolute Gasteiger partial charge is 0.344 e. The van der Waals surface area contributed by atoms with Gasteiger partial charge >= 0.3 is 17.9 Å². The van der Waals surface area contributed by atoms with Crippen molar-refractivity contribution in [2.75, 3.05) is 66.0 Å². The molecule has 322 valence electrons. The van der Waals surface area contributed by atoms with E-state index in [1.807, 2.05) is 18.9 Å². The maximum absolute atomic E-state index is 14.5. The van der Waals surface area contributed by atoms with E-state index >= 15 is 0 Å². The fourth-order valence-electron chi connectivity index (χ4n) is 14.0. The van der Waals surface area contributed by atoms with Crippen molar-refractivity contribution in [2.45, 2.75) is 107 Å². The predicted octanol–water partition coefficient (Wildman–Crippen LogP) is 5.66. The molecule has 3 aromatic rings. The lowest BCUT2D eigenvalue weighted by Crippen LogP contribution is -2.81. The minimum atomic E-state index is -2.26. The second kappa shape index (κ2) is 14.3. The van der Waals surface area contributed by atoms with Crippen LogP contribution in [0.3, 0.4) is 0 Å². The highest BCUT2D eigenvalue weighted by Crippen LogP contribution is 2.68. The Morgan fingerprint density at radius 3 is 2.47 bits per heavy atom. The van der Waals surface area contributed by atoms with Gasteiger partial charge in [-0.25, -0.2) is 4.79 Å². The van der Waals surface area contributed by atoms with Gasteiger partial charge in [-0.2, -0.15) is 0 Å². The number of para-hydroxylation sites is 1. The van der Waals surface area contributed by atoms with Crippen molar-refractivity contribution < 1.29 is 38.4 Å². The molecule has 1 spiro atoms. The fraction of sp³-hybridized carbons (Fsp3) is 0.604. The summed E-state index contributed by atoms with van der Waals surface area (Å²) in [5, 5.41) is 14.5. The number of hydrogen-bond acceptors (Lipinski definition) is 11. The lowest BCUT2D eigenvalue weighted by atomic mass is 9.47. The van der Waals surface area contributed by atoms with Crippen LogP contribution in [0.1, 0.15) is 88.6 Å². The average Bonchev–Trinajstić information content (AvgIpc) is 3.90. The Balaban J connectivity index is 1.36. The first-order valence-electron chi connectivity index (χ1n) is 21.9. The molecule has 2 saturated heterocycles. The van der Waals surface area contributed by atoms with E-state index in [0.717, 1.165) is 72.3 Å². The molecule has 5 aliphatic heterocycles. The highest BCUT2D eigenvalue weighted by molar-refractivity contribution is 5.89. The monoisotopic (exact) mass is 822 g/mol. The molecule has 2 bridgehead atoms. The summed E-state index contributed by atoms with van der Waals surface area (Å²) in [4.78, 5) is 52.7. The van der Waals surface area contributed by atoms with Crippen LogP contribution in [0.5, 0.6) is 5.75 Å². The number of methoxy groups -OCH3 is 3. The molecule has 10 atom stereocenters. The molecule has 60 heavy (non-hydrogen) atoms. The molecule has 9 rings (SSSR count). The molecule has 12 heteroatoms. The van der Waals surface area contributed by atoms with Crippen molar-refractivity contribution in [1.29, 1.82) is 0 Å². The Bertz CT molecular complexity index is 2270. The number of piperidine rings is 1. The van der Waals surface area contributed by atoms with E-state index in [2.05, 4.69) is 77.2 Å². The number of nitrogens with zero attached hydrogens (tertiary/aromatic N) is 3. The Hall–Kier alpha value is -4.39. The van der Waals surface area contributed by atoms with E-state index in [1.165, 1.54) is 26.7 Å². The van der Waals surface area contributed by atoms with Gasteiger partial charge in [0.05, 0.1) is 39.2 Å². The van der Waals surface area contributed by atoms with Gasteiger partial charge in [-0.15, -0.1) is 0 Å². The highest BCUT2D eigenvalue weighted by Gasteiger charge is 2.80. The van der Waals surface area contributed by atoms with Crippen LogP contribution in [0.4, 0.5) is 5.69 Å². The zero-order valence-corrected chi connectivity index (χ0v) is 36.6. The first-order chi connectivity index (χ1) is 28.7. The van der Waals surface area contributed by atoms with Gasteiger partial charge in [0.1, 0.15) is 5.75 Å². The molecule has 2 unspecified atom stereocenters. The highest BCUT2D eigenvalue weighted by atomic mass is 16.6. The standard InChI is InChI=1S/C48H62N4O8/c1-9-44(4)24-30-25-46(26-38(54)58-7,39-32(16-20-51(27-30)28-44)31-14-11-12-15-35(31)49-39)34-22-33-36(23-37(34)57-6)50(5)41-47(33)18-21-52-19-13-17-45(10-2,40(47)52)42(60-29(3)53)48(41,56)43(55)59-8/h11-15,17,22-23,30,40-42,49,56H,9-10,16,18-21,24-28H2,1-8H3/t30?,40-,41+,42+,44+,45+,46-,47+,48-/m0/s1. The Morgan fingerprint density at radius 2 is 1.77 bits per heavy atom. The molecule has 6 heterocycles. The number of H-pyrrole nitrogens is 1. The second-order valence-corrected chi connectivity index (χ2v) is 19.2. The van der Waals surface area contributed by atoms with Gasteiger partial charge in [0.25, 0.3) is 0 Å². The number of carbonyl (C=O) groups is 3. The zero-order chi connectivity index (χ0) is 42.6. The van der Waals surface area contributed by atoms with Gasteiger partial charge in [-0.05, 0) is 79.7 Å². The number of ether oxygens (including phenoxy) is 4. The van der Waals surface area contributed by atoms with Crippen LogP contribution in [-0.2, 0) is 45.8 Å². The summed E-state index contributed by atoms with van der Waals surface area (Å²) in [6, 6.07) is 11.7. The van der Waals surface area contributed by atoms with E-state index in [-0.39, 0.29) is 29.8 Å². The van der Waals surface area contributed by atoms with Gasteiger partial charge in [0, 0.05) is 90.9 Å². The quantitative estimate of drug-likeness (QED) is 0.166. The maximum atomic E-state index is 14.5. The Labute approximate surface area is 353 Å². The topological polar surface area (TPSA) is 134 Å². The average molecular weight is 823 g/mol. The number of esters is 3. The number of anilines is 1. The molecule has 1 aromatic heterocycles. The van der Waals surface area contributed by atoms with Crippen molar-refractivity contribution in [3.05, 3.63) is 70.9 Å². The molecular formula is C48H62N4O8. The van der Waals surface area contributed by atoms with Gasteiger partial charge in [0.2, 0.25) is 5.60 Å². The summed E-state index contributed by atoms with van der Waals surface area (Å²) >= 11 is 0. The summed E-state index contributed by atoms with van der Waals surface area (Å²) in [5.74, 6) is -0.855. The summed E-state index contributed by atoms with van der Waals surface area (Å²) in [6.07, 6.45) is 7.73. The zero-order valence-electron chi connectivity index (χ0n) is 36.6. The van der Waals surface area contributed by atoms with Gasteiger partial charge in [-0.1, -0.05) is 51.1 Å². The molecule has 6 aliphatic rings. The fourth-order valence-corrected chi connectivity index (χ4v) is 14.0. The SMILES string of the molecule is CC[C@]1(C)CC2CN(CCc3c([nH]c4ccccc34)[C@@](CC(=O)OC)(c3cc4c(cc3OC)N(C)[C@H]3[C@@](O)(C(=O)OC)[C@H](OC(C)=O)[C@]5(CC)C=CCN6CC[C@]43[C@@H]65)C2)C1. The first-order valence-corrected chi connectivity index (χ1v) is 21.9. The summed E-state index contributed by atoms with van der Waals surface area (Å²) in [6.45, 7) is 12.3. The lowest BCUT2D eigenvalue weighted by Gasteiger charge is -2.63. The van der Waals surface area contributed by atoms with Crippen LogP contribution in [-0.4, -0.2) is 123 Å². The molecule has 1 aliphatic carbocycles. The van der Waals surface area contributed by atoms with Crippen LogP contribution in [0, 0.1) is 16.7 Å². The Morgan fingerprint density at radius 1 is 0.983 bits per heavy atom. The minimum Gasteiger partial charge on any atom is -0.496 e. The van der Waals surface area contributed by atoms with Crippen LogP contribution >= 0.6 is 0 Å². The lowest BCUT2D eigenvalue weighted by molar-refractivity contribution is -0.228. The Kier molecular flexibility index (Phi) is 9.80. The number of carbonyl (C=O) groups excluding carboxylic acids is 3. The number of aromatic amines is 1. The second-order valence-electron chi connectivity index (χ2n) is 19.2. The first kappa shape index (κ1) is 41.0. The van der Waals surface area contributed by atoms with Crippen LogP contribution < -0.4 is 9.64 Å². The van der Waals surface area contributed by atoms with Crippen molar-refractivity contribution in [3.63, 3.8) is 0 Å². The summed E-state index contributed by atoms with van der Waals surface area (Å²) < 4.78 is 23.8. The number of aromatic nitrogens is 1. The number of nitrogens with one attached hydrogen (secondary N) is 1. The predicted molar refractivity (Wildman–Crippen MR) is 228 cm³/mol.